The summed E-state index contributed by atoms with van der Waals surface area (Å²) in [5.74, 6) is 1.25. The van der Waals surface area contributed by atoms with E-state index >= 15 is 0 Å². The van der Waals surface area contributed by atoms with Gasteiger partial charge in [0.05, 0.1) is 29.4 Å². The van der Waals surface area contributed by atoms with Gasteiger partial charge in [-0.25, -0.2) is 4.98 Å². The number of rotatable bonds is 6. The lowest BCUT2D eigenvalue weighted by Gasteiger charge is -2.31. The number of piperidine rings is 1. The molecule has 0 unspecified atom stereocenters. The molecule has 1 fully saturated rings. The van der Waals surface area contributed by atoms with Crippen LogP contribution >= 0.6 is 11.3 Å². The highest BCUT2D eigenvalue weighted by molar-refractivity contribution is 7.11. The first-order valence-corrected chi connectivity index (χ1v) is 10.1. The number of furan rings is 1. The largest absolute Gasteiger partial charge is 0.468 e. The number of carbonyl (C=O) groups excluding carboxylic acids is 1. The minimum Gasteiger partial charge on any atom is -0.468 e. The molecular weight excluding hydrogens is 334 g/mol. The molecule has 0 saturated carbocycles. The Morgan fingerprint density at radius 3 is 3.20 bits per heavy atom. The van der Waals surface area contributed by atoms with Crippen LogP contribution in [0.2, 0.25) is 0 Å². The van der Waals surface area contributed by atoms with Gasteiger partial charge in [-0.2, -0.15) is 0 Å². The van der Waals surface area contributed by atoms with Gasteiger partial charge in [-0.3, -0.25) is 9.69 Å². The van der Waals surface area contributed by atoms with Gasteiger partial charge in [0.25, 0.3) is 0 Å². The molecule has 1 aliphatic heterocycles. The van der Waals surface area contributed by atoms with Gasteiger partial charge >= 0.3 is 0 Å². The second kappa shape index (κ2) is 7.70. The van der Waals surface area contributed by atoms with Crippen LogP contribution in [0.5, 0.6) is 0 Å². The lowest BCUT2D eigenvalue weighted by Crippen LogP contribution is -2.43. The van der Waals surface area contributed by atoms with Gasteiger partial charge in [0.15, 0.2) is 0 Å². The molecule has 0 aromatic carbocycles. The van der Waals surface area contributed by atoms with Crippen molar-refractivity contribution in [2.75, 3.05) is 19.6 Å². The van der Waals surface area contributed by atoms with Crippen molar-refractivity contribution in [1.82, 2.24) is 15.2 Å². The quantitative estimate of drug-likeness (QED) is 0.862. The van der Waals surface area contributed by atoms with Crippen LogP contribution in [0, 0.1) is 5.92 Å². The predicted octanol–water partition coefficient (Wildman–Crippen LogP) is 2.80. The molecule has 1 aliphatic carbocycles. The molecule has 134 valence electrons. The van der Waals surface area contributed by atoms with Crippen molar-refractivity contribution >= 4 is 17.2 Å². The molecule has 2 aromatic rings. The molecule has 4 rings (SSSR count). The molecule has 6 heteroatoms. The second-order valence-electron chi connectivity index (χ2n) is 7.03. The van der Waals surface area contributed by atoms with E-state index in [1.807, 2.05) is 23.5 Å². The lowest BCUT2D eigenvalue weighted by atomic mass is 9.97. The predicted molar refractivity (Wildman–Crippen MR) is 97.6 cm³/mol. The van der Waals surface area contributed by atoms with E-state index in [1.54, 1.807) is 6.26 Å². The Morgan fingerprint density at radius 1 is 1.40 bits per heavy atom. The van der Waals surface area contributed by atoms with Crippen LogP contribution in [-0.4, -0.2) is 35.4 Å². The van der Waals surface area contributed by atoms with Crippen LogP contribution in [-0.2, 0) is 30.6 Å². The summed E-state index contributed by atoms with van der Waals surface area (Å²) in [6.45, 7) is 3.34. The number of amides is 1. The molecule has 2 aliphatic rings. The molecule has 3 heterocycles. The summed E-state index contributed by atoms with van der Waals surface area (Å²) in [6.07, 6.45) is 8.17. The Bertz CT molecular complexity index is 689. The van der Waals surface area contributed by atoms with Crippen molar-refractivity contribution in [3.8, 4) is 0 Å². The molecule has 25 heavy (non-hydrogen) atoms. The lowest BCUT2D eigenvalue weighted by molar-refractivity contribution is -0.126. The second-order valence-corrected chi connectivity index (χ2v) is 8.19. The fraction of sp³-hybridized carbons (Fsp3) is 0.579. The number of aryl methyl sites for hydroxylation is 2. The third kappa shape index (κ3) is 4.12. The SMILES string of the molecule is O=C(NCCc1nc2c(s1)CCC2)[C@@H]1CCCN(Cc2ccco2)C1. The first-order valence-electron chi connectivity index (χ1n) is 9.28. The summed E-state index contributed by atoms with van der Waals surface area (Å²) in [4.78, 5) is 21.0. The summed E-state index contributed by atoms with van der Waals surface area (Å²) in [5.41, 5.74) is 1.30. The Morgan fingerprint density at radius 2 is 2.36 bits per heavy atom. The molecule has 5 nitrogen and oxygen atoms in total. The third-order valence-corrected chi connectivity index (χ3v) is 6.33. The Labute approximate surface area is 152 Å². The number of nitrogens with zero attached hydrogens (tertiary/aromatic N) is 2. The maximum Gasteiger partial charge on any atom is 0.224 e. The van der Waals surface area contributed by atoms with E-state index in [0.717, 1.165) is 51.1 Å². The summed E-state index contributed by atoms with van der Waals surface area (Å²) in [7, 11) is 0. The van der Waals surface area contributed by atoms with Crippen LogP contribution in [0.4, 0.5) is 0 Å². The van der Waals surface area contributed by atoms with Crippen LogP contribution in [0.3, 0.4) is 0 Å². The first kappa shape index (κ1) is 16.8. The van der Waals surface area contributed by atoms with E-state index in [9.17, 15) is 4.79 Å². The normalized spacial score (nSPS) is 20.6. The minimum absolute atomic E-state index is 0.0880. The highest BCUT2D eigenvalue weighted by Gasteiger charge is 2.26. The monoisotopic (exact) mass is 359 g/mol. The zero-order chi connectivity index (χ0) is 17.1. The highest BCUT2D eigenvalue weighted by Crippen LogP contribution is 2.27. The van der Waals surface area contributed by atoms with Gasteiger partial charge in [0.2, 0.25) is 5.91 Å². The van der Waals surface area contributed by atoms with Gasteiger partial charge in [0.1, 0.15) is 5.76 Å². The standard InChI is InChI=1S/C19H25N3O2S/c23-19(20-9-8-18-21-16-6-1-7-17(16)25-18)14-4-2-10-22(12-14)13-15-5-3-11-24-15/h3,5,11,14H,1-2,4,6-10,12-13H2,(H,20,23)/t14-/m1/s1. The zero-order valence-electron chi connectivity index (χ0n) is 14.5. The van der Waals surface area contributed by atoms with Crippen LogP contribution in [0.15, 0.2) is 22.8 Å². The van der Waals surface area contributed by atoms with Crippen molar-refractivity contribution in [3.05, 3.63) is 39.7 Å². The molecule has 1 saturated heterocycles. The van der Waals surface area contributed by atoms with Gasteiger partial charge in [-0.1, -0.05) is 0 Å². The fourth-order valence-electron chi connectivity index (χ4n) is 3.82. The van der Waals surface area contributed by atoms with Crippen molar-refractivity contribution in [3.63, 3.8) is 0 Å². The van der Waals surface area contributed by atoms with Crippen molar-refractivity contribution in [1.29, 1.82) is 0 Å². The van der Waals surface area contributed by atoms with Crippen molar-refractivity contribution in [2.24, 2.45) is 5.92 Å². The average molecular weight is 359 g/mol. The summed E-state index contributed by atoms with van der Waals surface area (Å²) >= 11 is 1.83. The van der Waals surface area contributed by atoms with Crippen LogP contribution in [0.25, 0.3) is 0 Å². The fourth-order valence-corrected chi connectivity index (χ4v) is 4.98. The highest BCUT2D eigenvalue weighted by atomic mass is 32.1. The van der Waals surface area contributed by atoms with Gasteiger partial charge < -0.3 is 9.73 Å². The maximum absolute atomic E-state index is 12.5. The Hall–Kier alpha value is -1.66. The number of thiazole rings is 1. The van der Waals surface area contributed by atoms with E-state index < -0.39 is 0 Å². The number of aromatic nitrogens is 1. The first-order chi connectivity index (χ1) is 12.3. The molecule has 0 spiro atoms. The van der Waals surface area contributed by atoms with E-state index in [1.165, 1.54) is 28.4 Å². The molecule has 0 radical (unpaired) electrons. The van der Waals surface area contributed by atoms with E-state index in [-0.39, 0.29) is 11.8 Å². The van der Waals surface area contributed by atoms with Gasteiger partial charge in [0, 0.05) is 24.4 Å². The molecule has 0 bridgehead atoms. The third-order valence-electron chi connectivity index (χ3n) is 5.11. The van der Waals surface area contributed by atoms with Gasteiger partial charge in [-0.15, -0.1) is 11.3 Å². The van der Waals surface area contributed by atoms with Crippen LogP contribution < -0.4 is 5.32 Å². The van der Waals surface area contributed by atoms with Gasteiger partial charge in [-0.05, 0) is 50.8 Å². The molecule has 1 amide bonds. The molecule has 1 atom stereocenters. The minimum atomic E-state index is 0.0880. The summed E-state index contributed by atoms with van der Waals surface area (Å²) in [5, 5.41) is 4.30. The number of fused-ring (bicyclic) bond motifs is 1. The van der Waals surface area contributed by atoms with Crippen molar-refractivity contribution < 1.29 is 9.21 Å². The Balaban J connectivity index is 1.23. The number of nitrogens with one attached hydrogen (secondary N) is 1. The van der Waals surface area contributed by atoms with Crippen LogP contribution in [0.1, 0.15) is 40.6 Å². The number of carbonyl (C=O) groups is 1. The number of likely N-dealkylation sites (tertiary alicyclic amines) is 1. The molecule has 2 aromatic heterocycles. The molecular formula is C19H25N3O2S. The zero-order valence-corrected chi connectivity index (χ0v) is 15.3. The van der Waals surface area contributed by atoms with E-state index in [0.29, 0.717) is 6.54 Å². The van der Waals surface area contributed by atoms with E-state index in [2.05, 4.69) is 10.2 Å². The number of hydrogen-bond acceptors (Lipinski definition) is 5. The van der Waals surface area contributed by atoms with Crippen molar-refractivity contribution in [2.45, 2.75) is 45.1 Å². The maximum atomic E-state index is 12.5. The van der Waals surface area contributed by atoms with E-state index in [4.69, 9.17) is 9.40 Å². The smallest absolute Gasteiger partial charge is 0.224 e. The summed E-state index contributed by atoms with van der Waals surface area (Å²) in [6, 6.07) is 3.91. The Kier molecular flexibility index (Phi) is 5.17. The number of hydrogen-bond donors (Lipinski definition) is 1. The average Bonchev–Trinajstić information content (AvgIpc) is 3.32. The molecule has 1 N–H and O–H groups in total. The summed E-state index contributed by atoms with van der Waals surface area (Å²) < 4.78 is 5.42. The topological polar surface area (TPSA) is 58.4 Å².